The lowest BCUT2D eigenvalue weighted by molar-refractivity contribution is -0.131. The second-order valence-corrected chi connectivity index (χ2v) is 9.10. The number of benzene rings is 1. The number of hydrogen-bond acceptors (Lipinski definition) is 8. The number of nitrogens with zero attached hydrogens (tertiary/aromatic N) is 5. The largest absolute Gasteiger partial charge is 0.339 e. The molecule has 0 bridgehead atoms. The molecular weight excluding hydrogens is 450 g/mol. The lowest BCUT2D eigenvalue weighted by Crippen LogP contribution is -2.49. The van der Waals surface area contributed by atoms with Crippen LogP contribution in [0, 0.1) is 0 Å². The predicted molar refractivity (Wildman–Crippen MR) is 121 cm³/mol. The van der Waals surface area contributed by atoms with Crippen molar-refractivity contribution in [3.8, 4) is 0 Å². The van der Waals surface area contributed by atoms with Gasteiger partial charge in [-0.3, -0.25) is 9.63 Å². The van der Waals surface area contributed by atoms with Gasteiger partial charge in [-0.25, -0.2) is 23.2 Å². The standard InChI is InChI=1S/C20H27N7O5S/c1-25(32-2)33(30,31)17-6-4-16(5-7-17)24-20(29)23-11-8-18(28)26-12-14-27(15-13-26)19-21-9-3-10-22-19/h3-7,9-10H,8,11-15H2,1-2H3,(H2,23,24,29). The maximum atomic E-state index is 12.4. The van der Waals surface area contributed by atoms with Crippen LogP contribution in [0.2, 0.25) is 0 Å². The maximum absolute atomic E-state index is 12.4. The summed E-state index contributed by atoms with van der Waals surface area (Å²) in [6.45, 7) is 2.61. The van der Waals surface area contributed by atoms with E-state index in [1.165, 1.54) is 38.4 Å². The minimum absolute atomic E-state index is 0.0299. The maximum Gasteiger partial charge on any atom is 0.319 e. The van der Waals surface area contributed by atoms with Crippen LogP contribution in [0.15, 0.2) is 47.6 Å². The summed E-state index contributed by atoms with van der Waals surface area (Å²) in [5.74, 6) is 0.611. The van der Waals surface area contributed by atoms with E-state index in [9.17, 15) is 18.0 Å². The van der Waals surface area contributed by atoms with Crippen LogP contribution in [0.5, 0.6) is 0 Å². The summed E-state index contributed by atoms with van der Waals surface area (Å²) in [6, 6.07) is 6.94. The summed E-state index contributed by atoms with van der Waals surface area (Å²) in [7, 11) is -1.22. The lowest BCUT2D eigenvalue weighted by Gasteiger charge is -2.34. The molecule has 1 aromatic carbocycles. The van der Waals surface area contributed by atoms with Gasteiger partial charge in [0.25, 0.3) is 10.0 Å². The fourth-order valence-corrected chi connectivity index (χ4v) is 4.16. The minimum atomic E-state index is -3.76. The summed E-state index contributed by atoms with van der Waals surface area (Å²) in [6.07, 6.45) is 3.55. The average Bonchev–Trinajstić information content (AvgIpc) is 2.84. The van der Waals surface area contributed by atoms with E-state index < -0.39 is 16.1 Å². The molecule has 3 amide bonds. The second-order valence-electron chi connectivity index (χ2n) is 7.17. The van der Waals surface area contributed by atoms with Crippen LogP contribution >= 0.6 is 0 Å². The Morgan fingerprint density at radius 1 is 1.09 bits per heavy atom. The molecule has 0 saturated carbocycles. The van der Waals surface area contributed by atoms with Crippen molar-refractivity contribution in [2.75, 3.05) is 57.1 Å². The molecule has 0 radical (unpaired) electrons. The molecule has 33 heavy (non-hydrogen) atoms. The molecule has 12 nitrogen and oxygen atoms in total. The van der Waals surface area contributed by atoms with Gasteiger partial charge in [0.05, 0.1) is 12.0 Å². The lowest BCUT2D eigenvalue weighted by atomic mass is 10.3. The molecular formula is C20H27N7O5S. The molecule has 3 rings (SSSR count). The van der Waals surface area contributed by atoms with Crippen LogP contribution in [0.25, 0.3) is 0 Å². The molecule has 2 heterocycles. The first-order valence-corrected chi connectivity index (χ1v) is 11.7. The Bertz CT molecular complexity index is 1040. The zero-order chi connectivity index (χ0) is 23.8. The molecule has 178 valence electrons. The number of sulfonamides is 1. The Morgan fingerprint density at radius 3 is 2.33 bits per heavy atom. The summed E-state index contributed by atoms with van der Waals surface area (Å²) in [5, 5.41) is 5.24. The van der Waals surface area contributed by atoms with Crippen molar-refractivity contribution < 1.29 is 22.8 Å². The number of anilines is 2. The number of carbonyl (C=O) groups is 2. The third kappa shape index (κ3) is 6.37. The molecule has 0 unspecified atom stereocenters. The number of urea groups is 1. The monoisotopic (exact) mass is 477 g/mol. The molecule has 1 aliphatic rings. The predicted octanol–water partition coefficient (Wildman–Crippen LogP) is 0.519. The molecule has 1 aromatic heterocycles. The summed E-state index contributed by atoms with van der Waals surface area (Å²) in [5.41, 5.74) is 0.414. The van der Waals surface area contributed by atoms with Crippen LogP contribution in [0.3, 0.4) is 0 Å². The fraction of sp³-hybridized carbons (Fsp3) is 0.400. The topological polar surface area (TPSA) is 137 Å². The second kappa shape index (κ2) is 11.0. The van der Waals surface area contributed by atoms with Gasteiger partial charge in [-0.15, -0.1) is 0 Å². The number of nitrogens with one attached hydrogen (secondary N) is 2. The van der Waals surface area contributed by atoms with Crippen molar-refractivity contribution in [2.45, 2.75) is 11.3 Å². The average molecular weight is 478 g/mol. The van der Waals surface area contributed by atoms with E-state index in [0.717, 1.165) is 4.47 Å². The first kappa shape index (κ1) is 24.4. The third-order valence-corrected chi connectivity index (χ3v) is 6.79. The van der Waals surface area contributed by atoms with E-state index in [2.05, 4.69) is 20.6 Å². The van der Waals surface area contributed by atoms with Crippen LogP contribution in [0.4, 0.5) is 16.4 Å². The molecule has 0 aliphatic carbocycles. The Hall–Kier alpha value is -3.29. The highest BCUT2D eigenvalue weighted by Gasteiger charge is 2.22. The van der Waals surface area contributed by atoms with Crippen molar-refractivity contribution in [2.24, 2.45) is 0 Å². The molecule has 2 aromatic rings. The van der Waals surface area contributed by atoms with Gasteiger partial charge >= 0.3 is 6.03 Å². The first-order chi connectivity index (χ1) is 15.8. The highest BCUT2D eigenvalue weighted by molar-refractivity contribution is 7.89. The van der Waals surface area contributed by atoms with Gasteiger partial charge < -0.3 is 20.4 Å². The Labute approximate surface area is 192 Å². The molecule has 13 heteroatoms. The van der Waals surface area contributed by atoms with Crippen LogP contribution < -0.4 is 15.5 Å². The highest BCUT2D eigenvalue weighted by Crippen LogP contribution is 2.17. The van der Waals surface area contributed by atoms with Gasteiger partial charge in [-0.1, -0.05) is 4.47 Å². The highest BCUT2D eigenvalue weighted by atomic mass is 32.2. The fourth-order valence-electron chi connectivity index (χ4n) is 3.18. The van der Waals surface area contributed by atoms with Crippen LogP contribution in [0.1, 0.15) is 6.42 Å². The summed E-state index contributed by atoms with van der Waals surface area (Å²) >= 11 is 0. The summed E-state index contributed by atoms with van der Waals surface area (Å²) < 4.78 is 25.1. The van der Waals surface area contributed by atoms with E-state index in [1.54, 1.807) is 23.4 Å². The molecule has 1 aliphatic heterocycles. The van der Waals surface area contributed by atoms with Crippen molar-refractivity contribution in [1.29, 1.82) is 0 Å². The summed E-state index contributed by atoms with van der Waals surface area (Å²) in [4.78, 5) is 41.5. The quantitative estimate of drug-likeness (QED) is 0.525. The Balaban J connectivity index is 1.39. The van der Waals surface area contributed by atoms with Gasteiger partial charge in [0.15, 0.2) is 0 Å². The van der Waals surface area contributed by atoms with Crippen LogP contribution in [-0.2, 0) is 19.7 Å². The SMILES string of the molecule is CON(C)S(=O)(=O)c1ccc(NC(=O)NCCC(=O)N2CCN(c3ncccn3)CC2)cc1. The Kier molecular flexibility index (Phi) is 8.14. The number of rotatable bonds is 8. The molecule has 0 atom stereocenters. The zero-order valence-electron chi connectivity index (χ0n) is 18.5. The van der Waals surface area contributed by atoms with E-state index in [1.807, 2.05) is 4.90 Å². The zero-order valence-corrected chi connectivity index (χ0v) is 19.3. The number of hydrogen-bond donors (Lipinski definition) is 2. The van der Waals surface area contributed by atoms with Gasteiger partial charge in [0.2, 0.25) is 11.9 Å². The van der Waals surface area contributed by atoms with Crippen molar-refractivity contribution >= 4 is 33.6 Å². The van der Waals surface area contributed by atoms with Crippen molar-refractivity contribution in [1.82, 2.24) is 24.7 Å². The van der Waals surface area contributed by atoms with E-state index in [-0.39, 0.29) is 23.8 Å². The molecule has 0 spiro atoms. The number of amides is 3. The van der Waals surface area contributed by atoms with Gasteiger partial charge in [0, 0.05) is 64.3 Å². The molecule has 1 fully saturated rings. The molecule has 2 N–H and O–H groups in total. The number of hydroxylamine groups is 1. The van der Waals surface area contributed by atoms with E-state index >= 15 is 0 Å². The molecule has 1 saturated heterocycles. The van der Waals surface area contributed by atoms with Crippen LogP contribution in [-0.4, -0.2) is 86.6 Å². The van der Waals surface area contributed by atoms with Gasteiger partial charge in [-0.05, 0) is 30.3 Å². The van der Waals surface area contributed by atoms with E-state index in [4.69, 9.17) is 4.84 Å². The number of piperazine rings is 1. The smallest absolute Gasteiger partial charge is 0.319 e. The first-order valence-electron chi connectivity index (χ1n) is 10.3. The number of carbonyl (C=O) groups excluding carboxylic acids is 2. The Morgan fingerprint density at radius 2 is 1.73 bits per heavy atom. The number of aromatic nitrogens is 2. The van der Waals surface area contributed by atoms with Gasteiger partial charge in [-0.2, -0.15) is 0 Å². The normalized spacial score (nSPS) is 14.3. The van der Waals surface area contributed by atoms with E-state index in [0.29, 0.717) is 37.8 Å². The van der Waals surface area contributed by atoms with Gasteiger partial charge in [0.1, 0.15) is 0 Å². The van der Waals surface area contributed by atoms with Crippen molar-refractivity contribution in [3.63, 3.8) is 0 Å². The third-order valence-electron chi connectivity index (χ3n) is 5.10. The van der Waals surface area contributed by atoms with Crippen molar-refractivity contribution in [3.05, 3.63) is 42.7 Å². The minimum Gasteiger partial charge on any atom is -0.339 e.